The number of thioether (sulfide) groups is 1. The van der Waals surface area contributed by atoms with E-state index in [1.54, 1.807) is 7.05 Å². The summed E-state index contributed by atoms with van der Waals surface area (Å²) < 4.78 is 4.76. The molecular weight excluding hydrogens is 258 g/mol. The lowest BCUT2D eigenvalue weighted by Crippen LogP contribution is -2.35. The number of fused-ring (bicyclic) bond motifs is 1. The molecule has 1 aromatic carbocycles. The zero-order valence-electron chi connectivity index (χ0n) is 11.6. The van der Waals surface area contributed by atoms with Crippen LogP contribution in [-0.4, -0.2) is 31.9 Å². The van der Waals surface area contributed by atoms with Gasteiger partial charge in [0, 0.05) is 10.6 Å². The average Bonchev–Trinajstić information content (AvgIpc) is 2.90. The van der Waals surface area contributed by atoms with Crippen LogP contribution in [0, 0.1) is 0 Å². The molecule has 0 amide bonds. The van der Waals surface area contributed by atoms with E-state index in [9.17, 15) is 4.79 Å². The molecule has 0 heterocycles. The molecule has 4 heteroatoms. The van der Waals surface area contributed by atoms with Crippen LogP contribution in [0.25, 0.3) is 0 Å². The van der Waals surface area contributed by atoms with E-state index in [1.807, 2.05) is 11.8 Å². The lowest BCUT2D eigenvalue weighted by atomic mass is 10.1. The van der Waals surface area contributed by atoms with Crippen LogP contribution in [-0.2, 0) is 22.4 Å². The Hall–Kier alpha value is -1.00. The van der Waals surface area contributed by atoms with Crippen molar-refractivity contribution >= 4 is 17.7 Å². The highest BCUT2D eigenvalue weighted by molar-refractivity contribution is 7.99. The fourth-order valence-corrected chi connectivity index (χ4v) is 3.43. The maximum atomic E-state index is 11.4. The van der Waals surface area contributed by atoms with Crippen molar-refractivity contribution in [2.75, 3.05) is 19.9 Å². The van der Waals surface area contributed by atoms with Crippen molar-refractivity contribution < 1.29 is 9.53 Å². The minimum absolute atomic E-state index is 0.183. The Balaban J connectivity index is 1.84. The number of carbonyl (C=O) groups is 1. The van der Waals surface area contributed by atoms with Crippen LogP contribution in [0.1, 0.15) is 24.0 Å². The maximum Gasteiger partial charge on any atom is 0.322 e. The number of benzene rings is 1. The standard InChI is InChI=1S/C15H21NO2S/c1-16-14(15(17)18-2)8-9-19-13-7-6-11-4-3-5-12(11)10-13/h6-7,10,14,16H,3-5,8-9H2,1-2H3. The van der Waals surface area contributed by atoms with Gasteiger partial charge in [-0.3, -0.25) is 4.79 Å². The van der Waals surface area contributed by atoms with Gasteiger partial charge in [0.2, 0.25) is 0 Å². The molecule has 0 spiro atoms. The molecule has 2 rings (SSSR count). The quantitative estimate of drug-likeness (QED) is 0.641. The van der Waals surface area contributed by atoms with Gasteiger partial charge in [-0.15, -0.1) is 11.8 Å². The van der Waals surface area contributed by atoms with Gasteiger partial charge >= 0.3 is 5.97 Å². The summed E-state index contributed by atoms with van der Waals surface area (Å²) in [5.41, 5.74) is 3.01. The van der Waals surface area contributed by atoms with Gasteiger partial charge < -0.3 is 10.1 Å². The van der Waals surface area contributed by atoms with E-state index >= 15 is 0 Å². The Morgan fingerprint density at radius 2 is 2.21 bits per heavy atom. The van der Waals surface area contributed by atoms with E-state index in [2.05, 4.69) is 23.5 Å². The van der Waals surface area contributed by atoms with Crippen molar-refractivity contribution in [2.24, 2.45) is 0 Å². The fourth-order valence-electron chi connectivity index (χ4n) is 2.45. The second-order valence-electron chi connectivity index (χ2n) is 4.79. The first kappa shape index (κ1) is 14.4. The molecule has 1 N–H and O–H groups in total. The van der Waals surface area contributed by atoms with Crippen molar-refractivity contribution in [1.82, 2.24) is 5.32 Å². The van der Waals surface area contributed by atoms with Gasteiger partial charge in [-0.25, -0.2) is 0 Å². The molecule has 0 bridgehead atoms. The molecular formula is C15H21NO2S. The average molecular weight is 279 g/mol. The van der Waals surface area contributed by atoms with E-state index in [-0.39, 0.29) is 12.0 Å². The molecule has 0 radical (unpaired) electrons. The van der Waals surface area contributed by atoms with Crippen molar-refractivity contribution in [1.29, 1.82) is 0 Å². The third kappa shape index (κ3) is 3.74. The van der Waals surface area contributed by atoms with Crippen LogP contribution in [0.15, 0.2) is 23.1 Å². The van der Waals surface area contributed by atoms with Crippen molar-refractivity contribution in [2.45, 2.75) is 36.6 Å². The molecule has 1 atom stereocenters. The Morgan fingerprint density at radius 3 is 2.95 bits per heavy atom. The molecule has 1 aromatic rings. The molecule has 104 valence electrons. The Morgan fingerprint density at radius 1 is 1.42 bits per heavy atom. The van der Waals surface area contributed by atoms with Crippen LogP contribution in [0.4, 0.5) is 0 Å². The predicted octanol–water partition coefficient (Wildman–Crippen LogP) is 2.42. The summed E-state index contributed by atoms with van der Waals surface area (Å²) in [6, 6.07) is 6.55. The van der Waals surface area contributed by atoms with E-state index in [4.69, 9.17) is 4.74 Å². The first-order valence-corrected chi connectivity index (χ1v) is 7.73. The molecule has 0 aliphatic heterocycles. The van der Waals surface area contributed by atoms with E-state index in [0.29, 0.717) is 0 Å². The Labute approximate surface area is 119 Å². The fraction of sp³-hybridized carbons (Fsp3) is 0.533. The number of nitrogens with one attached hydrogen (secondary N) is 1. The van der Waals surface area contributed by atoms with Gasteiger partial charge in [0.05, 0.1) is 7.11 Å². The normalized spacial score (nSPS) is 15.1. The summed E-state index contributed by atoms with van der Waals surface area (Å²) in [6.45, 7) is 0. The highest BCUT2D eigenvalue weighted by atomic mass is 32.2. The lowest BCUT2D eigenvalue weighted by Gasteiger charge is -2.13. The number of carbonyl (C=O) groups excluding carboxylic acids is 1. The molecule has 0 fully saturated rings. The van der Waals surface area contributed by atoms with Crippen molar-refractivity contribution in [3.8, 4) is 0 Å². The van der Waals surface area contributed by atoms with Crippen LogP contribution in [0.5, 0.6) is 0 Å². The first-order valence-electron chi connectivity index (χ1n) is 6.74. The van der Waals surface area contributed by atoms with Crippen LogP contribution >= 0.6 is 11.8 Å². The Kier molecular flexibility index (Phi) is 5.28. The Bertz CT molecular complexity index is 448. The van der Waals surface area contributed by atoms with Gasteiger partial charge in [-0.2, -0.15) is 0 Å². The van der Waals surface area contributed by atoms with Crippen LogP contribution < -0.4 is 5.32 Å². The summed E-state index contributed by atoms with van der Waals surface area (Å²) in [6.07, 6.45) is 4.51. The summed E-state index contributed by atoms with van der Waals surface area (Å²) >= 11 is 1.81. The lowest BCUT2D eigenvalue weighted by molar-refractivity contribution is -0.143. The maximum absolute atomic E-state index is 11.4. The number of hydrogen-bond acceptors (Lipinski definition) is 4. The molecule has 0 aromatic heterocycles. The van der Waals surface area contributed by atoms with E-state index in [0.717, 1.165) is 12.2 Å². The third-order valence-electron chi connectivity index (χ3n) is 3.58. The second-order valence-corrected chi connectivity index (χ2v) is 5.95. The minimum Gasteiger partial charge on any atom is -0.468 e. The third-order valence-corrected chi connectivity index (χ3v) is 4.61. The van der Waals surface area contributed by atoms with E-state index < -0.39 is 0 Å². The highest BCUT2D eigenvalue weighted by Crippen LogP contribution is 2.28. The van der Waals surface area contributed by atoms with Crippen LogP contribution in [0.2, 0.25) is 0 Å². The summed E-state index contributed by atoms with van der Waals surface area (Å²) in [7, 11) is 3.22. The topological polar surface area (TPSA) is 38.3 Å². The number of rotatable bonds is 6. The molecule has 3 nitrogen and oxygen atoms in total. The molecule has 0 saturated carbocycles. The number of ether oxygens (including phenoxy) is 1. The monoisotopic (exact) mass is 279 g/mol. The number of esters is 1. The molecule has 1 unspecified atom stereocenters. The van der Waals surface area contributed by atoms with Gasteiger partial charge in [-0.1, -0.05) is 6.07 Å². The number of hydrogen-bond donors (Lipinski definition) is 1. The number of aryl methyl sites for hydroxylation is 2. The minimum atomic E-state index is -0.202. The summed E-state index contributed by atoms with van der Waals surface area (Å²) in [5, 5.41) is 2.99. The van der Waals surface area contributed by atoms with Crippen molar-refractivity contribution in [3.63, 3.8) is 0 Å². The summed E-state index contributed by atoms with van der Waals surface area (Å²) in [5.74, 6) is 0.733. The van der Waals surface area contributed by atoms with Gasteiger partial charge in [-0.05, 0) is 56.0 Å². The largest absolute Gasteiger partial charge is 0.468 e. The zero-order chi connectivity index (χ0) is 13.7. The van der Waals surface area contributed by atoms with Crippen molar-refractivity contribution in [3.05, 3.63) is 29.3 Å². The van der Waals surface area contributed by atoms with E-state index in [1.165, 1.54) is 42.4 Å². The number of likely N-dealkylation sites (N-methyl/N-ethyl adjacent to an activating group) is 1. The number of methoxy groups -OCH3 is 1. The second kappa shape index (κ2) is 6.96. The zero-order valence-corrected chi connectivity index (χ0v) is 12.4. The van der Waals surface area contributed by atoms with Crippen LogP contribution in [0.3, 0.4) is 0 Å². The smallest absolute Gasteiger partial charge is 0.322 e. The van der Waals surface area contributed by atoms with Gasteiger partial charge in [0.1, 0.15) is 6.04 Å². The SMILES string of the molecule is CNC(CCSc1ccc2c(c1)CCC2)C(=O)OC. The first-order chi connectivity index (χ1) is 9.24. The summed E-state index contributed by atoms with van der Waals surface area (Å²) in [4.78, 5) is 12.8. The highest BCUT2D eigenvalue weighted by Gasteiger charge is 2.16. The molecule has 1 aliphatic rings. The van der Waals surface area contributed by atoms with Gasteiger partial charge in [0.15, 0.2) is 0 Å². The molecule has 19 heavy (non-hydrogen) atoms. The molecule has 1 aliphatic carbocycles. The molecule has 0 saturated heterocycles. The predicted molar refractivity (Wildman–Crippen MR) is 78.7 cm³/mol. The van der Waals surface area contributed by atoms with Gasteiger partial charge in [0.25, 0.3) is 0 Å².